The molecule has 0 unspecified atom stereocenters. The number of nitrogens with zero attached hydrogens (tertiary/aromatic N) is 1. The standard InChI is InChI=1S/C45H33NO/c1-45(2)40-19-10-9-18-37(40)38-26-27-41-43(44(38)45)39-25-24-36(29-42(39)47-41)46(34-22-20-32(21-23-34)30-12-5-3-6-13-30)35-17-11-16-33(28-35)31-14-7-4-8-15-31/h3-29H,1-2H3. The molecule has 0 N–H and O–H groups in total. The first-order chi connectivity index (χ1) is 23.1. The fraction of sp³-hybridized carbons (Fsp3) is 0.0667. The van der Waals surface area contributed by atoms with E-state index in [1.54, 1.807) is 0 Å². The van der Waals surface area contributed by atoms with Gasteiger partial charge >= 0.3 is 0 Å². The molecule has 0 fully saturated rings. The summed E-state index contributed by atoms with van der Waals surface area (Å²) in [5.41, 5.74) is 15.1. The van der Waals surface area contributed by atoms with E-state index in [0.29, 0.717) is 0 Å². The van der Waals surface area contributed by atoms with E-state index in [4.69, 9.17) is 4.42 Å². The summed E-state index contributed by atoms with van der Waals surface area (Å²) in [6.45, 7) is 4.68. The normalized spacial score (nSPS) is 13.1. The molecule has 8 aromatic rings. The van der Waals surface area contributed by atoms with Gasteiger partial charge in [-0.2, -0.15) is 0 Å². The van der Waals surface area contributed by atoms with Crippen LogP contribution in [0.3, 0.4) is 0 Å². The van der Waals surface area contributed by atoms with Crippen LogP contribution < -0.4 is 4.90 Å². The van der Waals surface area contributed by atoms with Gasteiger partial charge in [0.2, 0.25) is 0 Å². The van der Waals surface area contributed by atoms with Gasteiger partial charge in [-0.3, -0.25) is 0 Å². The second-order valence-electron chi connectivity index (χ2n) is 13.0. The van der Waals surface area contributed by atoms with Crippen molar-refractivity contribution in [2.45, 2.75) is 19.3 Å². The van der Waals surface area contributed by atoms with Crippen LogP contribution in [-0.2, 0) is 5.41 Å². The zero-order valence-electron chi connectivity index (χ0n) is 26.4. The number of hydrogen-bond acceptors (Lipinski definition) is 2. The van der Waals surface area contributed by atoms with Gasteiger partial charge in [0.05, 0.1) is 0 Å². The molecule has 0 spiro atoms. The molecule has 0 saturated heterocycles. The lowest BCUT2D eigenvalue weighted by molar-refractivity contribution is 0.657. The van der Waals surface area contributed by atoms with Gasteiger partial charge in [0.1, 0.15) is 11.2 Å². The Labute approximate surface area is 275 Å². The Morgan fingerprint density at radius 2 is 1.06 bits per heavy atom. The SMILES string of the molecule is CC1(C)c2ccccc2-c2ccc3oc4cc(N(c5ccc(-c6ccccc6)cc5)c5cccc(-c6ccccc6)c5)ccc4c3c21. The van der Waals surface area contributed by atoms with Crippen LogP contribution in [0, 0.1) is 0 Å². The lowest BCUT2D eigenvalue weighted by Gasteiger charge is -2.26. The number of fused-ring (bicyclic) bond motifs is 7. The maximum absolute atomic E-state index is 6.68. The average Bonchev–Trinajstić information content (AvgIpc) is 3.61. The highest BCUT2D eigenvalue weighted by atomic mass is 16.3. The Morgan fingerprint density at radius 1 is 0.447 bits per heavy atom. The first-order valence-electron chi connectivity index (χ1n) is 16.3. The Hall–Kier alpha value is -5.86. The molecule has 0 atom stereocenters. The van der Waals surface area contributed by atoms with Gasteiger partial charge in [0.25, 0.3) is 0 Å². The van der Waals surface area contributed by atoms with E-state index in [-0.39, 0.29) is 5.41 Å². The van der Waals surface area contributed by atoms with E-state index < -0.39 is 0 Å². The van der Waals surface area contributed by atoms with Crippen LogP contribution >= 0.6 is 0 Å². The van der Waals surface area contributed by atoms with Crippen molar-refractivity contribution in [2.24, 2.45) is 0 Å². The van der Waals surface area contributed by atoms with Crippen molar-refractivity contribution >= 4 is 39.0 Å². The van der Waals surface area contributed by atoms with Crippen molar-refractivity contribution in [2.75, 3.05) is 4.90 Å². The molecule has 7 aromatic carbocycles. The number of rotatable bonds is 5. The zero-order chi connectivity index (χ0) is 31.5. The molecule has 0 aliphatic heterocycles. The molecule has 0 amide bonds. The topological polar surface area (TPSA) is 16.4 Å². The summed E-state index contributed by atoms with van der Waals surface area (Å²) < 4.78 is 6.68. The Morgan fingerprint density at radius 3 is 1.83 bits per heavy atom. The summed E-state index contributed by atoms with van der Waals surface area (Å²) in [5.74, 6) is 0. The van der Waals surface area contributed by atoms with Crippen molar-refractivity contribution in [3.05, 3.63) is 175 Å². The van der Waals surface area contributed by atoms with Crippen LogP contribution in [0.5, 0.6) is 0 Å². The van der Waals surface area contributed by atoms with Crippen molar-refractivity contribution in [1.29, 1.82) is 0 Å². The molecule has 9 rings (SSSR count). The first-order valence-corrected chi connectivity index (χ1v) is 16.3. The van der Waals surface area contributed by atoms with E-state index in [9.17, 15) is 0 Å². The highest BCUT2D eigenvalue weighted by molar-refractivity contribution is 6.11. The summed E-state index contributed by atoms with van der Waals surface area (Å²) in [5, 5.41) is 2.37. The fourth-order valence-corrected chi connectivity index (χ4v) is 7.60. The lowest BCUT2D eigenvalue weighted by atomic mass is 9.80. The summed E-state index contributed by atoms with van der Waals surface area (Å²) in [6.07, 6.45) is 0. The van der Waals surface area contributed by atoms with Gasteiger partial charge in [0, 0.05) is 39.3 Å². The quantitative estimate of drug-likeness (QED) is 0.195. The minimum atomic E-state index is -0.120. The van der Waals surface area contributed by atoms with Gasteiger partial charge in [-0.1, -0.05) is 129 Å². The maximum Gasteiger partial charge on any atom is 0.137 e. The smallest absolute Gasteiger partial charge is 0.137 e. The van der Waals surface area contributed by atoms with Gasteiger partial charge in [-0.25, -0.2) is 0 Å². The zero-order valence-corrected chi connectivity index (χ0v) is 26.4. The summed E-state index contributed by atoms with van der Waals surface area (Å²) in [4.78, 5) is 2.33. The molecule has 1 aromatic heterocycles. The largest absolute Gasteiger partial charge is 0.456 e. The molecule has 0 saturated carbocycles. The highest BCUT2D eigenvalue weighted by Crippen LogP contribution is 2.53. The molecular formula is C45H33NO. The van der Waals surface area contributed by atoms with E-state index >= 15 is 0 Å². The van der Waals surface area contributed by atoms with E-state index in [1.807, 2.05) is 0 Å². The summed E-state index contributed by atoms with van der Waals surface area (Å²) in [7, 11) is 0. The fourth-order valence-electron chi connectivity index (χ4n) is 7.60. The predicted molar refractivity (Wildman–Crippen MR) is 197 cm³/mol. The second-order valence-corrected chi connectivity index (χ2v) is 13.0. The number of hydrogen-bond donors (Lipinski definition) is 0. The number of benzene rings is 7. The summed E-state index contributed by atoms with van der Waals surface area (Å²) in [6, 6.07) is 58.6. The Balaban J connectivity index is 1.21. The molecule has 47 heavy (non-hydrogen) atoms. The van der Waals surface area contributed by atoms with Crippen LogP contribution in [-0.4, -0.2) is 0 Å². The van der Waals surface area contributed by atoms with Crippen molar-refractivity contribution in [3.63, 3.8) is 0 Å². The molecule has 1 aliphatic rings. The predicted octanol–water partition coefficient (Wildman–Crippen LogP) is 12.7. The maximum atomic E-state index is 6.68. The Bertz CT molecular complexity index is 2420. The van der Waals surface area contributed by atoms with E-state index in [1.165, 1.54) is 49.9 Å². The van der Waals surface area contributed by atoms with Gasteiger partial charge < -0.3 is 9.32 Å². The third-order valence-corrected chi connectivity index (χ3v) is 9.84. The van der Waals surface area contributed by atoms with Crippen LogP contribution in [0.15, 0.2) is 168 Å². The highest BCUT2D eigenvalue weighted by Gasteiger charge is 2.37. The van der Waals surface area contributed by atoms with Crippen molar-refractivity contribution < 1.29 is 4.42 Å². The molecule has 0 radical (unpaired) electrons. The third kappa shape index (κ3) is 4.40. The van der Waals surface area contributed by atoms with Crippen molar-refractivity contribution in [1.82, 2.24) is 0 Å². The number of furan rings is 1. The molecule has 2 nitrogen and oxygen atoms in total. The van der Waals surface area contributed by atoms with Crippen molar-refractivity contribution in [3.8, 4) is 33.4 Å². The average molecular weight is 604 g/mol. The van der Waals surface area contributed by atoms with Gasteiger partial charge in [-0.05, 0) is 87.0 Å². The molecule has 1 aliphatic carbocycles. The van der Waals surface area contributed by atoms with Gasteiger partial charge in [0.15, 0.2) is 0 Å². The molecule has 1 heterocycles. The molecule has 0 bridgehead atoms. The van der Waals surface area contributed by atoms with Gasteiger partial charge in [-0.15, -0.1) is 0 Å². The van der Waals surface area contributed by atoms with Crippen LogP contribution in [0.2, 0.25) is 0 Å². The minimum absolute atomic E-state index is 0.120. The molecular weight excluding hydrogens is 571 g/mol. The van der Waals surface area contributed by atoms with Crippen LogP contribution in [0.25, 0.3) is 55.3 Å². The van der Waals surface area contributed by atoms with Crippen LogP contribution in [0.4, 0.5) is 17.1 Å². The second kappa shape index (κ2) is 10.6. The van der Waals surface area contributed by atoms with Crippen LogP contribution in [0.1, 0.15) is 25.0 Å². The molecule has 224 valence electrons. The van der Waals surface area contributed by atoms with E-state index in [2.05, 4.69) is 183 Å². The minimum Gasteiger partial charge on any atom is -0.456 e. The monoisotopic (exact) mass is 603 g/mol. The Kier molecular flexibility index (Phi) is 6.20. The number of anilines is 3. The third-order valence-electron chi connectivity index (χ3n) is 9.84. The lowest BCUT2D eigenvalue weighted by Crippen LogP contribution is -2.15. The van der Waals surface area contributed by atoms with E-state index in [0.717, 1.165) is 33.6 Å². The first kappa shape index (κ1) is 27.5. The molecule has 2 heteroatoms. The summed E-state index contributed by atoms with van der Waals surface area (Å²) >= 11 is 0.